The predicted molar refractivity (Wildman–Crippen MR) is 72.3 cm³/mol. The summed E-state index contributed by atoms with van der Waals surface area (Å²) in [5, 5.41) is 9.81. The fourth-order valence-corrected chi connectivity index (χ4v) is 2.22. The van der Waals surface area contributed by atoms with Gasteiger partial charge in [0.1, 0.15) is 11.6 Å². The molecule has 1 nitrogen and oxygen atoms in total. The van der Waals surface area contributed by atoms with Gasteiger partial charge >= 0.3 is 0 Å². The highest BCUT2D eigenvalue weighted by Gasteiger charge is 2.18. The molecule has 1 aromatic rings. The van der Waals surface area contributed by atoms with E-state index in [1.54, 1.807) is 0 Å². The number of rotatable bonds is 7. The lowest BCUT2D eigenvalue weighted by Crippen LogP contribution is -2.04. The first kappa shape index (κ1) is 15.3. The lowest BCUT2D eigenvalue weighted by molar-refractivity contribution is 0.154. The van der Waals surface area contributed by atoms with Crippen molar-refractivity contribution in [2.24, 2.45) is 0 Å². The van der Waals surface area contributed by atoms with Crippen LogP contribution in [-0.4, -0.2) is 5.11 Å². The van der Waals surface area contributed by atoms with Crippen molar-refractivity contribution < 1.29 is 13.9 Å². The van der Waals surface area contributed by atoms with Crippen molar-refractivity contribution in [3.63, 3.8) is 0 Å². The minimum Gasteiger partial charge on any atom is -0.388 e. The molecule has 4 heteroatoms. The Morgan fingerprint density at radius 1 is 1.22 bits per heavy atom. The number of allylic oxidation sites excluding steroid dienone is 1. The normalized spacial score (nSPS) is 12.4. The smallest absolute Gasteiger partial charge is 0.133 e. The van der Waals surface area contributed by atoms with Crippen molar-refractivity contribution in [1.29, 1.82) is 0 Å². The third kappa shape index (κ3) is 4.50. The summed E-state index contributed by atoms with van der Waals surface area (Å²) >= 11 is 3.01. The van der Waals surface area contributed by atoms with Crippen LogP contribution in [0.5, 0.6) is 0 Å². The highest BCUT2D eigenvalue weighted by molar-refractivity contribution is 9.10. The van der Waals surface area contributed by atoms with Gasteiger partial charge in [0.25, 0.3) is 0 Å². The molecule has 1 unspecified atom stereocenters. The molecule has 0 aromatic heterocycles. The van der Waals surface area contributed by atoms with E-state index in [0.717, 1.165) is 25.7 Å². The fraction of sp³-hybridized carbons (Fsp3) is 0.429. The molecule has 1 atom stereocenters. The van der Waals surface area contributed by atoms with Crippen LogP contribution in [0.4, 0.5) is 8.78 Å². The Labute approximate surface area is 115 Å². The Bertz CT molecular complexity index is 384. The first-order chi connectivity index (χ1) is 8.56. The topological polar surface area (TPSA) is 20.2 Å². The molecule has 0 heterocycles. The zero-order valence-electron chi connectivity index (χ0n) is 10.1. The van der Waals surface area contributed by atoms with E-state index in [9.17, 15) is 13.9 Å². The molecule has 0 bridgehead atoms. The minimum absolute atomic E-state index is 0.234. The zero-order chi connectivity index (χ0) is 13.5. The van der Waals surface area contributed by atoms with Crippen molar-refractivity contribution in [2.75, 3.05) is 0 Å². The Hall–Kier alpha value is -0.740. The monoisotopic (exact) mass is 318 g/mol. The third-order valence-electron chi connectivity index (χ3n) is 2.76. The van der Waals surface area contributed by atoms with E-state index in [2.05, 4.69) is 22.5 Å². The highest BCUT2D eigenvalue weighted by Crippen LogP contribution is 2.28. The Kier molecular flexibility index (Phi) is 6.50. The van der Waals surface area contributed by atoms with Crippen LogP contribution in [0.2, 0.25) is 0 Å². The van der Waals surface area contributed by atoms with Crippen LogP contribution < -0.4 is 0 Å². The minimum atomic E-state index is -1.08. The molecular weight excluding hydrogens is 302 g/mol. The molecule has 0 radical (unpaired) electrons. The van der Waals surface area contributed by atoms with Gasteiger partial charge in [-0.05, 0) is 31.4 Å². The van der Waals surface area contributed by atoms with Gasteiger partial charge in [-0.15, -0.1) is 6.58 Å². The summed E-state index contributed by atoms with van der Waals surface area (Å²) in [5.41, 5.74) is -0.234. The first-order valence-corrected chi connectivity index (χ1v) is 6.79. The molecule has 0 saturated carbocycles. The molecule has 0 fully saturated rings. The molecule has 18 heavy (non-hydrogen) atoms. The standard InChI is InChI=1S/C14H17BrF2O/c1-2-3-4-5-6-7-13(18)14-11(16)8-10(15)9-12(14)17/h2,8-9,13,18H,1,3-7H2. The van der Waals surface area contributed by atoms with E-state index in [-0.39, 0.29) is 5.56 Å². The SMILES string of the molecule is C=CCCCCCC(O)c1c(F)cc(Br)cc1F. The van der Waals surface area contributed by atoms with Crippen molar-refractivity contribution in [2.45, 2.75) is 38.2 Å². The van der Waals surface area contributed by atoms with Crippen molar-refractivity contribution in [1.82, 2.24) is 0 Å². The van der Waals surface area contributed by atoms with Gasteiger partial charge in [-0.2, -0.15) is 0 Å². The maximum absolute atomic E-state index is 13.5. The summed E-state index contributed by atoms with van der Waals surface area (Å²) in [6.07, 6.45) is 4.70. The van der Waals surface area contributed by atoms with E-state index < -0.39 is 17.7 Å². The molecule has 0 aliphatic carbocycles. The summed E-state index contributed by atoms with van der Waals surface area (Å²) in [5.74, 6) is -1.42. The maximum Gasteiger partial charge on any atom is 0.133 e. The number of hydrogen-bond donors (Lipinski definition) is 1. The second kappa shape index (κ2) is 7.64. The van der Waals surface area contributed by atoms with Gasteiger partial charge in [0, 0.05) is 4.47 Å². The number of aliphatic hydroxyl groups is 1. The summed E-state index contributed by atoms with van der Waals surface area (Å²) in [6.45, 7) is 3.62. The predicted octanol–water partition coefficient (Wildman–Crippen LogP) is 4.90. The van der Waals surface area contributed by atoms with Gasteiger partial charge in [0.05, 0.1) is 11.7 Å². The molecule has 100 valence electrons. The van der Waals surface area contributed by atoms with Gasteiger partial charge in [-0.1, -0.05) is 34.8 Å². The molecule has 1 N–H and O–H groups in total. The van der Waals surface area contributed by atoms with Gasteiger partial charge in [0.2, 0.25) is 0 Å². The zero-order valence-corrected chi connectivity index (χ0v) is 11.7. The molecular formula is C14H17BrF2O. The quantitative estimate of drug-likeness (QED) is 0.560. The maximum atomic E-state index is 13.5. The number of halogens is 3. The molecule has 0 aliphatic rings. The summed E-state index contributed by atoms with van der Waals surface area (Å²) < 4.78 is 27.4. The van der Waals surface area contributed by atoms with Gasteiger partial charge in [0.15, 0.2) is 0 Å². The fourth-order valence-electron chi connectivity index (χ4n) is 1.82. The number of hydrogen-bond acceptors (Lipinski definition) is 1. The van der Waals surface area contributed by atoms with Crippen LogP contribution in [0.15, 0.2) is 29.3 Å². The Morgan fingerprint density at radius 3 is 2.39 bits per heavy atom. The van der Waals surface area contributed by atoms with E-state index >= 15 is 0 Å². The molecule has 0 aliphatic heterocycles. The number of benzene rings is 1. The lowest BCUT2D eigenvalue weighted by Gasteiger charge is -2.13. The summed E-state index contributed by atoms with van der Waals surface area (Å²) in [4.78, 5) is 0. The molecule has 0 amide bonds. The molecule has 0 spiro atoms. The largest absolute Gasteiger partial charge is 0.388 e. The van der Waals surface area contributed by atoms with Crippen LogP contribution in [0.3, 0.4) is 0 Å². The Morgan fingerprint density at radius 2 is 1.83 bits per heavy atom. The Balaban J connectivity index is 2.56. The lowest BCUT2D eigenvalue weighted by atomic mass is 10.0. The second-order valence-corrected chi connectivity index (χ2v) is 5.14. The van der Waals surface area contributed by atoms with E-state index in [0.29, 0.717) is 10.9 Å². The third-order valence-corrected chi connectivity index (χ3v) is 3.22. The van der Waals surface area contributed by atoms with Crippen molar-refractivity contribution in [3.05, 3.63) is 46.5 Å². The van der Waals surface area contributed by atoms with Crippen LogP contribution in [0, 0.1) is 11.6 Å². The van der Waals surface area contributed by atoms with Gasteiger partial charge in [-0.3, -0.25) is 0 Å². The molecule has 0 saturated heterocycles. The number of aliphatic hydroxyl groups excluding tert-OH is 1. The second-order valence-electron chi connectivity index (χ2n) is 4.23. The van der Waals surface area contributed by atoms with Crippen LogP contribution in [0.1, 0.15) is 43.8 Å². The molecule has 1 aromatic carbocycles. The van der Waals surface area contributed by atoms with Crippen molar-refractivity contribution >= 4 is 15.9 Å². The van der Waals surface area contributed by atoms with Crippen LogP contribution in [0.25, 0.3) is 0 Å². The summed E-state index contributed by atoms with van der Waals surface area (Å²) in [7, 11) is 0. The van der Waals surface area contributed by atoms with Gasteiger partial charge in [-0.25, -0.2) is 8.78 Å². The van der Waals surface area contributed by atoms with E-state index in [1.165, 1.54) is 12.1 Å². The van der Waals surface area contributed by atoms with E-state index in [1.807, 2.05) is 6.08 Å². The molecule has 1 rings (SSSR count). The number of unbranched alkanes of at least 4 members (excludes halogenated alkanes) is 3. The highest BCUT2D eigenvalue weighted by atomic mass is 79.9. The van der Waals surface area contributed by atoms with Crippen LogP contribution >= 0.6 is 15.9 Å². The first-order valence-electron chi connectivity index (χ1n) is 5.99. The van der Waals surface area contributed by atoms with Crippen molar-refractivity contribution in [3.8, 4) is 0 Å². The summed E-state index contributed by atoms with van der Waals surface area (Å²) in [6, 6.07) is 2.33. The van der Waals surface area contributed by atoms with E-state index in [4.69, 9.17) is 0 Å². The van der Waals surface area contributed by atoms with Gasteiger partial charge < -0.3 is 5.11 Å². The average molecular weight is 319 g/mol. The van der Waals surface area contributed by atoms with Crippen LogP contribution in [-0.2, 0) is 0 Å². The average Bonchev–Trinajstić information content (AvgIpc) is 2.27.